The van der Waals surface area contributed by atoms with Crippen molar-refractivity contribution in [2.45, 2.75) is 46.5 Å². The van der Waals surface area contributed by atoms with E-state index >= 15 is 0 Å². The van der Waals surface area contributed by atoms with Gasteiger partial charge in [0.25, 0.3) is 0 Å². The Labute approximate surface area is 154 Å². The molecule has 2 amide bonds. The molecule has 8 heteroatoms. The summed E-state index contributed by atoms with van der Waals surface area (Å²) in [5, 5.41) is 2.88. The lowest BCUT2D eigenvalue weighted by Crippen LogP contribution is -2.52. The molecule has 0 radical (unpaired) electrons. The molecule has 2 rings (SSSR count). The molecule has 0 aromatic heterocycles. The Kier molecular flexibility index (Phi) is 5.20. The first-order valence-corrected chi connectivity index (χ1v) is 8.99. The minimum atomic E-state index is -0.292. The van der Waals surface area contributed by atoms with Crippen LogP contribution >= 0.6 is 24.4 Å². The van der Waals surface area contributed by atoms with E-state index in [9.17, 15) is 9.59 Å². The topological polar surface area (TPSA) is 64.7 Å². The van der Waals surface area contributed by atoms with Crippen LogP contribution in [0.3, 0.4) is 0 Å². The lowest BCUT2D eigenvalue weighted by Gasteiger charge is -2.28. The van der Waals surface area contributed by atoms with Crippen LogP contribution in [-0.2, 0) is 9.59 Å². The molecule has 0 aliphatic heterocycles. The number of carbonyl (C=O) groups is 2. The van der Waals surface area contributed by atoms with Crippen molar-refractivity contribution in [1.29, 1.82) is 0 Å². The highest BCUT2D eigenvalue weighted by Crippen LogP contribution is 2.46. The van der Waals surface area contributed by atoms with Crippen LogP contribution in [0, 0.1) is 16.7 Å². The molecule has 2 N–H and O–H groups in total. The molecule has 0 unspecified atom stereocenters. The summed E-state index contributed by atoms with van der Waals surface area (Å²) in [6.07, 6.45) is 3.63. The maximum atomic E-state index is 12.2. The van der Waals surface area contributed by atoms with E-state index in [0.717, 1.165) is 25.7 Å². The van der Waals surface area contributed by atoms with Crippen LogP contribution in [0.5, 0.6) is 0 Å². The van der Waals surface area contributed by atoms with Gasteiger partial charge >= 0.3 is 0 Å². The number of nitrogens with one attached hydrogen (secondary N) is 2. The van der Waals surface area contributed by atoms with Crippen molar-refractivity contribution in [2.75, 3.05) is 14.1 Å². The fraction of sp³-hybridized carbons (Fsp3) is 0.750. The molecule has 0 aromatic carbocycles. The number of hydrogen-bond acceptors (Lipinski definition) is 4. The predicted molar refractivity (Wildman–Crippen MR) is 101 cm³/mol. The maximum absolute atomic E-state index is 12.2. The second-order valence-corrected chi connectivity index (χ2v) is 8.40. The summed E-state index contributed by atoms with van der Waals surface area (Å²) in [5.41, 5.74) is 5.36. The average Bonchev–Trinajstić information content (AvgIpc) is 3.44. The third-order valence-corrected chi connectivity index (χ3v) is 5.87. The van der Waals surface area contributed by atoms with Crippen LogP contribution in [-0.4, -0.2) is 45.9 Å². The maximum Gasteiger partial charge on any atom is 0.246 e. The van der Waals surface area contributed by atoms with Gasteiger partial charge in [0.1, 0.15) is 9.98 Å². The normalized spacial score (nSPS) is 19.2. The van der Waals surface area contributed by atoms with Gasteiger partial charge in [-0.15, -0.1) is 0 Å². The van der Waals surface area contributed by atoms with Crippen LogP contribution in [0.1, 0.15) is 46.5 Å². The first-order chi connectivity index (χ1) is 11.0. The van der Waals surface area contributed by atoms with E-state index in [2.05, 4.69) is 10.9 Å². The number of hydrogen-bond donors (Lipinski definition) is 2. The summed E-state index contributed by atoms with van der Waals surface area (Å²) >= 11 is 10.7. The van der Waals surface area contributed by atoms with Crippen molar-refractivity contribution in [3.8, 4) is 0 Å². The summed E-state index contributed by atoms with van der Waals surface area (Å²) in [5.74, 6) is -0.228. The van der Waals surface area contributed by atoms with Crippen LogP contribution in [0.4, 0.5) is 0 Å². The molecule has 2 aliphatic rings. The highest BCUT2D eigenvalue weighted by molar-refractivity contribution is 7.82. The monoisotopic (exact) mass is 370 g/mol. The average molecular weight is 371 g/mol. The zero-order valence-electron chi connectivity index (χ0n) is 14.9. The van der Waals surface area contributed by atoms with Gasteiger partial charge in [0.05, 0.1) is 5.92 Å². The molecule has 0 spiro atoms. The third kappa shape index (κ3) is 4.03. The van der Waals surface area contributed by atoms with Crippen LogP contribution < -0.4 is 10.9 Å². The minimum absolute atomic E-state index is 0.0323. The molecule has 134 valence electrons. The molecular weight excluding hydrogens is 344 g/mol. The number of nitrogens with zero attached hydrogens (tertiary/aromatic N) is 2. The van der Waals surface area contributed by atoms with Gasteiger partial charge in [-0.25, -0.2) is 0 Å². The molecule has 24 heavy (non-hydrogen) atoms. The van der Waals surface area contributed by atoms with Crippen molar-refractivity contribution in [1.82, 2.24) is 20.9 Å². The molecule has 0 saturated heterocycles. The van der Waals surface area contributed by atoms with Gasteiger partial charge in [0, 0.05) is 24.9 Å². The number of amides is 2. The Hall–Kier alpha value is -1.28. The van der Waals surface area contributed by atoms with E-state index in [-0.39, 0.29) is 28.6 Å². The van der Waals surface area contributed by atoms with E-state index in [1.54, 1.807) is 14.1 Å². The largest absolute Gasteiger partial charge is 0.289 e. The highest BCUT2D eigenvalue weighted by atomic mass is 32.1. The number of rotatable bonds is 4. The lowest BCUT2D eigenvalue weighted by atomic mass is 10.1. The summed E-state index contributed by atoms with van der Waals surface area (Å²) in [6, 6.07) is 0. The van der Waals surface area contributed by atoms with E-state index < -0.39 is 0 Å². The Bertz CT molecular complexity index is 535. The van der Waals surface area contributed by atoms with E-state index in [1.807, 2.05) is 20.8 Å². The number of thiocarbonyl (C=S) groups is 2. The smallest absolute Gasteiger partial charge is 0.246 e. The van der Waals surface area contributed by atoms with Gasteiger partial charge in [-0.05, 0) is 32.6 Å². The highest BCUT2D eigenvalue weighted by Gasteiger charge is 2.47. The Morgan fingerprint density at radius 1 is 0.875 bits per heavy atom. The van der Waals surface area contributed by atoms with Crippen LogP contribution in [0.15, 0.2) is 0 Å². The fourth-order valence-electron chi connectivity index (χ4n) is 2.36. The molecule has 2 saturated carbocycles. The third-order valence-electron chi connectivity index (χ3n) is 4.98. The van der Waals surface area contributed by atoms with Gasteiger partial charge in [0.2, 0.25) is 11.8 Å². The van der Waals surface area contributed by atoms with E-state index in [0.29, 0.717) is 9.98 Å². The minimum Gasteiger partial charge on any atom is -0.289 e. The number of carbonyl (C=O) groups excluding carboxylic acids is 2. The van der Waals surface area contributed by atoms with Crippen molar-refractivity contribution >= 4 is 46.2 Å². The summed E-state index contributed by atoms with van der Waals surface area (Å²) in [7, 11) is 3.34. The predicted octanol–water partition coefficient (Wildman–Crippen LogP) is 1.80. The van der Waals surface area contributed by atoms with Crippen LogP contribution in [0.25, 0.3) is 0 Å². The SMILES string of the molecule is CC(C(=S)NN(C)C(=O)C1(C)CC1)C(=S)NN(C)C(=O)C1(C)CC1. The van der Waals surface area contributed by atoms with Gasteiger partial charge in [-0.1, -0.05) is 38.3 Å². The van der Waals surface area contributed by atoms with E-state index in [1.165, 1.54) is 10.0 Å². The molecule has 2 fully saturated rings. The Morgan fingerprint density at radius 2 is 1.17 bits per heavy atom. The van der Waals surface area contributed by atoms with Crippen molar-refractivity contribution in [2.24, 2.45) is 16.7 Å². The molecule has 0 atom stereocenters. The lowest BCUT2D eigenvalue weighted by molar-refractivity contribution is -0.137. The Morgan fingerprint density at radius 3 is 1.42 bits per heavy atom. The molecule has 2 aliphatic carbocycles. The van der Waals surface area contributed by atoms with Crippen LogP contribution in [0.2, 0.25) is 0 Å². The zero-order chi connectivity index (χ0) is 18.3. The van der Waals surface area contributed by atoms with Gasteiger partial charge < -0.3 is 0 Å². The van der Waals surface area contributed by atoms with Gasteiger partial charge in [-0.3, -0.25) is 30.5 Å². The number of hydrazine groups is 2. The fourth-order valence-corrected chi connectivity index (χ4v) is 2.94. The zero-order valence-corrected chi connectivity index (χ0v) is 16.6. The molecule has 0 heterocycles. The second kappa shape index (κ2) is 6.55. The second-order valence-electron chi connectivity index (χ2n) is 7.52. The summed E-state index contributed by atoms with van der Waals surface area (Å²) < 4.78 is 0. The molecular formula is C16H26N4O2S2. The molecule has 0 bridgehead atoms. The first kappa shape index (κ1) is 19.1. The van der Waals surface area contributed by atoms with Crippen molar-refractivity contribution in [3.63, 3.8) is 0 Å². The quantitative estimate of drug-likeness (QED) is 0.581. The van der Waals surface area contributed by atoms with Gasteiger partial charge in [-0.2, -0.15) is 0 Å². The van der Waals surface area contributed by atoms with Crippen molar-refractivity contribution in [3.05, 3.63) is 0 Å². The van der Waals surface area contributed by atoms with Gasteiger partial charge in [0.15, 0.2) is 0 Å². The molecule has 6 nitrogen and oxygen atoms in total. The Balaban J connectivity index is 1.84. The van der Waals surface area contributed by atoms with E-state index in [4.69, 9.17) is 24.4 Å². The van der Waals surface area contributed by atoms with Crippen molar-refractivity contribution < 1.29 is 9.59 Å². The summed E-state index contributed by atoms with van der Waals surface area (Å²) in [4.78, 5) is 25.4. The standard InChI is InChI=1S/C16H26N4O2S2/c1-10(11(23)17-19(4)13(21)15(2)6-7-15)12(24)18-20(5)14(22)16(3)8-9-16/h10H,6-9H2,1-5H3,(H,17,23)(H,18,24). The molecule has 0 aromatic rings. The first-order valence-electron chi connectivity index (χ1n) is 8.17. The summed E-state index contributed by atoms with van der Waals surface area (Å²) in [6.45, 7) is 5.75.